The largest absolute Gasteiger partial charge is 0.594 e. The van der Waals surface area contributed by atoms with Gasteiger partial charge in [-0.25, -0.2) is 4.98 Å². The van der Waals surface area contributed by atoms with Crippen molar-refractivity contribution in [1.82, 2.24) is 10.1 Å². The van der Waals surface area contributed by atoms with E-state index in [4.69, 9.17) is 0 Å². The Kier molecular flexibility index (Phi) is 3.32. The van der Waals surface area contributed by atoms with Crippen LogP contribution in [0.2, 0.25) is 0 Å². The van der Waals surface area contributed by atoms with Gasteiger partial charge in [-0.15, -0.1) is 0 Å². The van der Waals surface area contributed by atoms with Crippen molar-refractivity contribution in [2.45, 2.75) is 0 Å². The van der Waals surface area contributed by atoms with E-state index < -0.39 is 0 Å². The molecule has 0 saturated heterocycles. The molecular weight excluding hydrogens is 478 g/mol. The Morgan fingerprint density at radius 3 is 2.55 bits per heavy atom. The minimum absolute atomic E-state index is 0.431. The van der Waals surface area contributed by atoms with Crippen LogP contribution in [0.4, 0.5) is 0 Å². The zero-order chi connectivity index (χ0) is 15.4. The molecule has 2 aromatic heterocycles. The molecule has 0 saturated carbocycles. The Hall–Kier alpha value is -1.31. The average molecular weight is 484 g/mol. The van der Waals surface area contributed by atoms with Crippen LogP contribution in [-0.2, 0) is 0 Å². The molecule has 2 heterocycles. The third-order valence-corrected chi connectivity index (χ3v) is 5.01. The molecule has 0 aliphatic carbocycles. The molecule has 0 aliphatic rings. The Bertz CT molecular complexity index is 1080. The van der Waals surface area contributed by atoms with Gasteiger partial charge in [0.05, 0.1) is 10.9 Å². The molecule has 0 spiro atoms. The van der Waals surface area contributed by atoms with Crippen molar-refractivity contribution in [3.05, 3.63) is 55.0 Å². The number of halogens is 3. The number of pyridine rings is 1. The molecule has 4 nitrogen and oxygen atoms in total. The van der Waals surface area contributed by atoms with E-state index in [1.807, 2.05) is 30.3 Å². The molecule has 0 unspecified atom stereocenters. The molecule has 0 N–H and O–H groups in total. The van der Waals surface area contributed by atoms with Gasteiger partial charge in [-0.05, 0) is 51.1 Å². The second-order valence-electron chi connectivity index (χ2n) is 4.85. The van der Waals surface area contributed by atoms with E-state index in [0.29, 0.717) is 16.0 Å². The molecule has 0 radical (unpaired) electrons. The maximum atomic E-state index is 12.1. The summed E-state index contributed by atoms with van der Waals surface area (Å²) in [5.74, 6) is 0. The Labute approximate surface area is 150 Å². The SMILES string of the molecule is [O-][n+]1nc2nc3c(Br)cc(Br)cc3cc2c2ccc(Br)cc21. The monoisotopic (exact) mass is 481 g/mol. The minimum atomic E-state index is 0.431. The third kappa shape index (κ3) is 2.19. The van der Waals surface area contributed by atoms with E-state index in [-0.39, 0.29) is 0 Å². The number of hydrogen-bond donors (Lipinski definition) is 0. The summed E-state index contributed by atoms with van der Waals surface area (Å²) in [5, 5.41) is 18.9. The Morgan fingerprint density at radius 2 is 1.73 bits per heavy atom. The zero-order valence-corrected chi connectivity index (χ0v) is 15.6. The van der Waals surface area contributed by atoms with Crippen LogP contribution in [0.1, 0.15) is 0 Å². The summed E-state index contributed by atoms with van der Waals surface area (Å²) in [4.78, 5) is 5.16. The van der Waals surface area contributed by atoms with E-state index in [1.54, 1.807) is 6.07 Å². The lowest BCUT2D eigenvalue weighted by Gasteiger charge is -2.06. The fraction of sp³-hybridized carbons (Fsp3) is 0. The topological polar surface area (TPSA) is 52.7 Å². The van der Waals surface area contributed by atoms with Gasteiger partial charge in [0.1, 0.15) is 0 Å². The lowest BCUT2D eigenvalue weighted by Crippen LogP contribution is -2.32. The highest BCUT2D eigenvalue weighted by Crippen LogP contribution is 2.31. The van der Waals surface area contributed by atoms with Crippen molar-refractivity contribution in [1.29, 1.82) is 0 Å². The van der Waals surface area contributed by atoms with Crippen LogP contribution in [-0.4, -0.2) is 10.1 Å². The first-order valence-corrected chi connectivity index (χ1v) is 8.69. The van der Waals surface area contributed by atoms with Crippen LogP contribution in [0, 0.1) is 5.21 Å². The van der Waals surface area contributed by atoms with Crippen LogP contribution in [0.15, 0.2) is 49.8 Å². The van der Waals surface area contributed by atoms with Gasteiger partial charge in [-0.3, -0.25) is 0 Å². The molecule has 0 atom stereocenters. The lowest BCUT2D eigenvalue weighted by molar-refractivity contribution is -0.640. The van der Waals surface area contributed by atoms with Crippen molar-refractivity contribution in [3.63, 3.8) is 0 Å². The van der Waals surface area contributed by atoms with Gasteiger partial charge < -0.3 is 5.21 Å². The number of aromatic nitrogens is 3. The first-order chi connectivity index (χ1) is 10.5. The minimum Gasteiger partial charge on any atom is -0.594 e. The smallest absolute Gasteiger partial charge is 0.254 e. The molecular formula is C15H6Br3N3O. The first kappa shape index (κ1) is 14.3. The number of nitrogens with zero attached hydrogens (tertiary/aromatic N) is 3. The van der Waals surface area contributed by atoms with Crippen LogP contribution in [0.25, 0.3) is 32.8 Å². The number of benzene rings is 2. The maximum absolute atomic E-state index is 12.1. The van der Waals surface area contributed by atoms with Gasteiger partial charge in [0.15, 0.2) is 0 Å². The number of rotatable bonds is 0. The highest BCUT2D eigenvalue weighted by Gasteiger charge is 2.15. The van der Waals surface area contributed by atoms with Gasteiger partial charge in [-0.2, -0.15) is 0 Å². The van der Waals surface area contributed by atoms with Gasteiger partial charge in [0, 0.05) is 35.4 Å². The quantitative estimate of drug-likeness (QED) is 0.155. The zero-order valence-electron chi connectivity index (χ0n) is 10.8. The Morgan fingerprint density at radius 1 is 0.909 bits per heavy atom. The van der Waals surface area contributed by atoms with Crippen molar-refractivity contribution < 1.29 is 4.85 Å². The Balaban J connectivity index is 2.24. The van der Waals surface area contributed by atoms with Crippen LogP contribution in [0.3, 0.4) is 0 Å². The second-order valence-corrected chi connectivity index (χ2v) is 7.54. The first-order valence-electron chi connectivity index (χ1n) is 6.31. The summed E-state index contributed by atoms with van der Waals surface area (Å²) >= 11 is 10.4. The third-order valence-electron chi connectivity index (χ3n) is 3.46. The fourth-order valence-electron chi connectivity index (χ4n) is 2.51. The molecule has 4 aromatic rings. The van der Waals surface area contributed by atoms with E-state index in [2.05, 4.69) is 57.9 Å². The van der Waals surface area contributed by atoms with Gasteiger partial charge >= 0.3 is 0 Å². The molecule has 0 bridgehead atoms. The van der Waals surface area contributed by atoms with Crippen LogP contribution in [0.5, 0.6) is 0 Å². The van der Waals surface area contributed by atoms with Crippen molar-refractivity contribution in [2.75, 3.05) is 0 Å². The van der Waals surface area contributed by atoms with Gasteiger partial charge in [0.25, 0.3) is 5.52 Å². The predicted octanol–water partition coefficient (Wildman–Crippen LogP) is 4.86. The van der Waals surface area contributed by atoms with Crippen molar-refractivity contribution in [3.8, 4) is 0 Å². The van der Waals surface area contributed by atoms with E-state index >= 15 is 0 Å². The second kappa shape index (κ2) is 5.11. The lowest BCUT2D eigenvalue weighted by atomic mass is 10.1. The molecule has 4 rings (SSSR count). The molecule has 0 amide bonds. The van der Waals surface area contributed by atoms with E-state index in [1.165, 1.54) is 0 Å². The van der Waals surface area contributed by atoms with Crippen LogP contribution < -0.4 is 4.85 Å². The highest BCUT2D eigenvalue weighted by molar-refractivity contribution is 9.11. The molecule has 0 fully saturated rings. The molecule has 22 heavy (non-hydrogen) atoms. The molecule has 0 aliphatic heterocycles. The normalized spacial score (nSPS) is 11.6. The maximum Gasteiger partial charge on any atom is 0.254 e. The van der Waals surface area contributed by atoms with Crippen LogP contribution >= 0.6 is 47.8 Å². The molecule has 2 aromatic carbocycles. The fourth-order valence-corrected chi connectivity index (χ4v) is 4.20. The summed E-state index contributed by atoms with van der Waals surface area (Å²) in [6.07, 6.45) is 0. The van der Waals surface area contributed by atoms with Gasteiger partial charge in [-0.1, -0.05) is 31.9 Å². The highest BCUT2D eigenvalue weighted by atomic mass is 79.9. The van der Waals surface area contributed by atoms with Gasteiger partial charge in [0.2, 0.25) is 5.65 Å². The van der Waals surface area contributed by atoms with Crippen molar-refractivity contribution in [2.24, 2.45) is 0 Å². The summed E-state index contributed by atoms with van der Waals surface area (Å²) in [6, 6.07) is 11.5. The summed E-state index contributed by atoms with van der Waals surface area (Å²) < 4.78 is 2.65. The summed E-state index contributed by atoms with van der Waals surface area (Å²) in [7, 11) is 0. The summed E-state index contributed by atoms with van der Waals surface area (Å²) in [6.45, 7) is 0. The standard InChI is InChI=1S/C15H6Br3N3O/c16-8-1-2-10-11-4-7-3-9(17)5-12(18)14(7)19-15(11)20-21(22)13(10)6-8/h1-6H. The molecule has 7 heteroatoms. The predicted molar refractivity (Wildman–Crippen MR) is 96.6 cm³/mol. The van der Waals surface area contributed by atoms with E-state index in [0.717, 1.165) is 35.1 Å². The van der Waals surface area contributed by atoms with E-state index in [9.17, 15) is 5.21 Å². The molecule has 108 valence electrons. The van der Waals surface area contributed by atoms with Crippen molar-refractivity contribution >= 4 is 80.6 Å². The number of fused-ring (bicyclic) bond motifs is 4. The summed E-state index contributed by atoms with van der Waals surface area (Å²) in [5.41, 5.74) is 1.72. The average Bonchev–Trinajstić information content (AvgIpc) is 2.46. The number of hydrogen-bond acceptors (Lipinski definition) is 3.